The molecule has 1 fully saturated rings. The smallest absolute Gasteiger partial charge is 0.227 e. The molecule has 0 bridgehead atoms. The van der Waals surface area contributed by atoms with Crippen LogP contribution in [-0.2, 0) is 4.79 Å². The van der Waals surface area contributed by atoms with Crippen LogP contribution in [0.4, 0.5) is 11.5 Å². The fraction of sp³-hybridized carbons (Fsp3) is 0.375. The van der Waals surface area contributed by atoms with Crippen LogP contribution in [0.3, 0.4) is 0 Å². The van der Waals surface area contributed by atoms with Crippen LogP contribution >= 0.6 is 11.6 Å². The standard InChI is InChI=1S/C8H9ClN4O/c9-7-6(8(10)12-4-11-7)13-3-1-2-5(13)14/h4H,1-3H2,(H2,10,11,12). The van der Waals surface area contributed by atoms with Crippen molar-refractivity contribution in [2.45, 2.75) is 12.8 Å². The van der Waals surface area contributed by atoms with Crippen molar-refractivity contribution in [2.75, 3.05) is 17.2 Å². The Morgan fingerprint density at radius 3 is 2.86 bits per heavy atom. The van der Waals surface area contributed by atoms with Gasteiger partial charge in [0.2, 0.25) is 5.91 Å². The van der Waals surface area contributed by atoms with E-state index >= 15 is 0 Å². The highest BCUT2D eigenvalue weighted by atomic mass is 35.5. The molecule has 1 aliphatic heterocycles. The summed E-state index contributed by atoms with van der Waals surface area (Å²) in [4.78, 5) is 20.6. The average Bonchev–Trinajstić information content (AvgIpc) is 2.52. The summed E-state index contributed by atoms with van der Waals surface area (Å²) in [6.45, 7) is 0.635. The van der Waals surface area contributed by atoms with Crippen LogP contribution in [0, 0.1) is 0 Å². The van der Waals surface area contributed by atoms with E-state index < -0.39 is 0 Å². The summed E-state index contributed by atoms with van der Waals surface area (Å²) >= 11 is 5.85. The predicted octanol–water partition coefficient (Wildman–Crippen LogP) is 0.839. The first-order valence-corrected chi connectivity index (χ1v) is 4.64. The molecule has 1 aromatic heterocycles. The maximum Gasteiger partial charge on any atom is 0.227 e. The number of nitrogen functional groups attached to an aromatic ring is 1. The number of carbonyl (C=O) groups excluding carboxylic acids is 1. The van der Waals surface area contributed by atoms with E-state index in [0.29, 0.717) is 18.7 Å². The second kappa shape index (κ2) is 3.42. The van der Waals surface area contributed by atoms with Gasteiger partial charge in [-0.1, -0.05) is 11.6 Å². The highest BCUT2D eigenvalue weighted by Gasteiger charge is 2.26. The minimum absolute atomic E-state index is 0.0217. The molecule has 2 N–H and O–H groups in total. The molecule has 1 aliphatic rings. The third-order valence-corrected chi connectivity index (χ3v) is 2.43. The summed E-state index contributed by atoms with van der Waals surface area (Å²) in [5.74, 6) is 0.272. The molecule has 2 rings (SSSR count). The van der Waals surface area contributed by atoms with Crippen molar-refractivity contribution in [1.29, 1.82) is 0 Å². The van der Waals surface area contributed by atoms with Gasteiger partial charge in [0.25, 0.3) is 0 Å². The van der Waals surface area contributed by atoms with Gasteiger partial charge in [0, 0.05) is 13.0 Å². The third kappa shape index (κ3) is 1.39. The molecule has 1 aromatic rings. The molecule has 0 saturated carbocycles. The molecule has 5 nitrogen and oxygen atoms in total. The Morgan fingerprint density at radius 1 is 1.50 bits per heavy atom. The molecule has 74 valence electrons. The number of rotatable bonds is 1. The highest BCUT2D eigenvalue weighted by Crippen LogP contribution is 2.31. The first-order valence-electron chi connectivity index (χ1n) is 4.26. The van der Waals surface area contributed by atoms with E-state index in [1.807, 2.05) is 0 Å². The fourth-order valence-corrected chi connectivity index (χ4v) is 1.75. The lowest BCUT2D eigenvalue weighted by molar-refractivity contribution is -0.117. The normalized spacial score (nSPS) is 16.4. The minimum Gasteiger partial charge on any atom is -0.382 e. The zero-order chi connectivity index (χ0) is 10.1. The van der Waals surface area contributed by atoms with E-state index in [4.69, 9.17) is 17.3 Å². The molecular weight excluding hydrogens is 204 g/mol. The second-order valence-electron chi connectivity index (χ2n) is 3.05. The van der Waals surface area contributed by atoms with Gasteiger partial charge in [-0.05, 0) is 6.42 Å². The van der Waals surface area contributed by atoms with Gasteiger partial charge in [-0.3, -0.25) is 4.79 Å². The Bertz CT molecular complexity index is 361. The monoisotopic (exact) mass is 212 g/mol. The quantitative estimate of drug-likeness (QED) is 0.701. The van der Waals surface area contributed by atoms with Crippen molar-refractivity contribution < 1.29 is 4.79 Å². The lowest BCUT2D eigenvalue weighted by Crippen LogP contribution is -2.25. The van der Waals surface area contributed by atoms with Crippen LogP contribution in [0.1, 0.15) is 12.8 Å². The van der Waals surface area contributed by atoms with E-state index in [-0.39, 0.29) is 16.9 Å². The number of carbonyl (C=O) groups is 1. The van der Waals surface area contributed by atoms with Crippen LogP contribution in [0.2, 0.25) is 5.15 Å². The first kappa shape index (κ1) is 9.21. The van der Waals surface area contributed by atoms with Crippen LogP contribution in [0.15, 0.2) is 6.33 Å². The summed E-state index contributed by atoms with van der Waals surface area (Å²) in [5.41, 5.74) is 6.08. The van der Waals surface area contributed by atoms with Crippen molar-refractivity contribution in [3.8, 4) is 0 Å². The van der Waals surface area contributed by atoms with Crippen molar-refractivity contribution >= 4 is 29.0 Å². The minimum atomic E-state index is 0.0217. The van der Waals surface area contributed by atoms with E-state index in [1.165, 1.54) is 11.2 Å². The fourth-order valence-electron chi connectivity index (χ4n) is 1.50. The van der Waals surface area contributed by atoms with Gasteiger partial charge in [0.05, 0.1) is 0 Å². The number of hydrogen-bond acceptors (Lipinski definition) is 4. The molecule has 14 heavy (non-hydrogen) atoms. The average molecular weight is 213 g/mol. The highest BCUT2D eigenvalue weighted by molar-refractivity contribution is 6.33. The van der Waals surface area contributed by atoms with E-state index in [9.17, 15) is 4.79 Å². The van der Waals surface area contributed by atoms with E-state index in [2.05, 4.69) is 9.97 Å². The molecule has 0 aromatic carbocycles. The Morgan fingerprint density at radius 2 is 2.29 bits per heavy atom. The number of nitrogens with two attached hydrogens (primary N) is 1. The number of nitrogens with zero attached hydrogens (tertiary/aromatic N) is 3. The number of halogens is 1. The zero-order valence-electron chi connectivity index (χ0n) is 7.40. The molecule has 1 amide bonds. The molecule has 0 spiro atoms. The van der Waals surface area contributed by atoms with Crippen LogP contribution in [-0.4, -0.2) is 22.4 Å². The van der Waals surface area contributed by atoms with E-state index in [0.717, 1.165) is 6.42 Å². The Kier molecular flexibility index (Phi) is 2.25. The number of amides is 1. The van der Waals surface area contributed by atoms with Gasteiger partial charge in [0.1, 0.15) is 12.0 Å². The van der Waals surface area contributed by atoms with Crippen LogP contribution in [0.25, 0.3) is 0 Å². The van der Waals surface area contributed by atoms with Crippen LogP contribution in [0.5, 0.6) is 0 Å². The maximum absolute atomic E-state index is 11.4. The van der Waals surface area contributed by atoms with Crippen molar-refractivity contribution in [2.24, 2.45) is 0 Å². The molecular formula is C8H9ClN4O. The summed E-state index contributed by atoms with van der Waals surface area (Å²) in [6.07, 6.45) is 2.63. The van der Waals surface area contributed by atoms with Gasteiger partial charge in [0.15, 0.2) is 11.0 Å². The second-order valence-corrected chi connectivity index (χ2v) is 3.41. The number of anilines is 2. The Labute approximate surface area is 85.9 Å². The molecule has 0 unspecified atom stereocenters. The summed E-state index contributed by atoms with van der Waals surface area (Å²) in [6, 6.07) is 0. The molecule has 0 aliphatic carbocycles. The SMILES string of the molecule is Nc1ncnc(Cl)c1N1CCCC1=O. The topological polar surface area (TPSA) is 72.1 Å². The van der Waals surface area contributed by atoms with Gasteiger partial charge in [-0.2, -0.15) is 0 Å². The molecule has 6 heteroatoms. The predicted molar refractivity (Wildman–Crippen MR) is 53.0 cm³/mol. The third-order valence-electron chi connectivity index (χ3n) is 2.15. The molecule has 2 heterocycles. The van der Waals surface area contributed by atoms with Gasteiger partial charge >= 0.3 is 0 Å². The van der Waals surface area contributed by atoms with E-state index in [1.54, 1.807) is 0 Å². The maximum atomic E-state index is 11.4. The van der Waals surface area contributed by atoms with Crippen LogP contribution < -0.4 is 10.6 Å². The summed E-state index contributed by atoms with van der Waals surface area (Å²) < 4.78 is 0. The lowest BCUT2D eigenvalue weighted by Gasteiger charge is -2.17. The summed E-state index contributed by atoms with van der Waals surface area (Å²) in [5, 5.41) is 0.229. The largest absolute Gasteiger partial charge is 0.382 e. The Balaban J connectivity index is 2.44. The molecule has 0 atom stereocenters. The Hall–Kier alpha value is -1.36. The molecule has 1 saturated heterocycles. The van der Waals surface area contributed by atoms with Gasteiger partial charge < -0.3 is 10.6 Å². The van der Waals surface area contributed by atoms with Crippen molar-refractivity contribution in [3.63, 3.8) is 0 Å². The van der Waals surface area contributed by atoms with Gasteiger partial charge in [-0.15, -0.1) is 0 Å². The van der Waals surface area contributed by atoms with Gasteiger partial charge in [-0.25, -0.2) is 9.97 Å². The van der Waals surface area contributed by atoms with Crippen molar-refractivity contribution in [1.82, 2.24) is 9.97 Å². The molecule has 0 radical (unpaired) electrons. The van der Waals surface area contributed by atoms with Crippen molar-refractivity contribution in [3.05, 3.63) is 11.5 Å². The number of aromatic nitrogens is 2. The lowest BCUT2D eigenvalue weighted by atomic mass is 10.4. The first-order chi connectivity index (χ1) is 6.70. The number of hydrogen-bond donors (Lipinski definition) is 1. The zero-order valence-corrected chi connectivity index (χ0v) is 8.16. The summed E-state index contributed by atoms with van der Waals surface area (Å²) in [7, 11) is 0.